The summed E-state index contributed by atoms with van der Waals surface area (Å²) in [5.74, 6) is -0.515. The summed E-state index contributed by atoms with van der Waals surface area (Å²) in [6.07, 6.45) is 0.130. The summed E-state index contributed by atoms with van der Waals surface area (Å²) in [7, 11) is -4.40. The second kappa shape index (κ2) is 4.20. The molecule has 1 aromatic rings. The highest BCUT2D eigenvalue weighted by Crippen LogP contribution is 2.05. The summed E-state index contributed by atoms with van der Waals surface area (Å²) < 4.78 is 32.6. The zero-order valence-corrected chi connectivity index (χ0v) is 8.09. The van der Waals surface area contributed by atoms with Crippen LogP contribution >= 0.6 is 0 Å². The van der Waals surface area contributed by atoms with Crippen molar-refractivity contribution in [3.63, 3.8) is 0 Å². The van der Waals surface area contributed by atoms with Crippen LogP contribution in [0.5, 0.6) is 0 Å². The molecule has 0 radical (unpaired) electrons. The average Bonchev–Trinajstić information content (AvgIpc) is 2.14. The van der Waals surface area contributed by atoms with Gasteiger partial charge in [-0.2, -0.15) is 13.7 Å². The van der Waals surface area contributed by atoms with Crippen molar-refractivity contribution >= 4 is 10.2 Å². The summed E-state index contributed by atoms with van der Waals surface area (Å²) in [6, 6.07) is 8.30. The minimum Gasteiger partial charge on any atom is -0.195 e. The third-order valence-electron chi connectivity index (χ3n) is 1.72. The molecule has 0 aliphatic rings. The largest absolute Gasteiger partial charge is 0.302 e. The lowest BCUT2D eigenvalue weighted by molar-refractivity contribution is 0.551. The van der Waals surface area contributed by atoms with Crippen molar-refractivity contribution < 1.29 is 12.3 Å². The van der Waals surface area contributed by atoms with Crippen molar-refractivity contribution in [2.75, 3.05) is 5.75 Å². The fraction of sp³-hybridized carbons (Fsp3) is 0.222. The van der Waals surface area contributed by atoms with E-state index < -0.39 is 16.0 Å². The minimum atomic E-state index is -4.40. The number of nitriles is 1. The maximum Gasteiger partial charge on any atom is 0.302 e. The van der Waals surface area contributed by atoms with Crippen LogP contribution in [0.2, 0.25) is 0 Å². The lowest BCUT2D eigenvalue weighted by Crippen LogP contribution is -2.01. The molecular formula is C9H8FNO2S. The molecule has 0 spiro atoms. The molecule has 0 aliphatic heterocycles. The van der Waals surface area contributed by atoms with Crippen molar-refractivity contribution in [3.05, 3.63) is 35.4 Å². The lowest BCUT2D eigenvalue weighted by atomic mass is 10.1. The number of benzene rings is 1. The average molecular weight is 213 g/mol. The van der Waals surface area contributed by atoms with Gasteiger partial charge in [-0.1, -0.05) is 12.1 Å². The Morgan fingerprint density at radius 3 is 2.29 bits per heavy atom. The van der Waals surface area contributed by atoms with Crippen LogP contribution in [0.15, 0.2) is 24.3 Å². The Labute approximate surface area is 82.0 Å². The van der Waals surface area contributed by atoms with Crippen molar-refractivity contribution in [2.45, 2.75) is 6.42 Å². The Morgan fingerprint density at radius 2 is 1.86 bits per heavy atom. The van der Waals surface area contributed by atoms with Gasteiger partial charge in [0.15, 0.2) is 0 Å². The third kappa shape index (κ3) is 3.54. The van der Waals surface area contributed by atoms with E-state index in [-0.39, 0.29) is 6.42 Å². The minimum absolute atomic E-state index is 0.130. The first kappa shape index (κ1) is 10.7. The van der Waals surface area contributed by atoms with Crippen LogP contribution in [0, 0.1) is 11.3 Å². The first-order chi connectivity index (χ1) is 6.51. The molecule has 0 N–H and O–H groups in total. The molecule has 0 unspecified atom stereocenters. The van der Waals surface area contributed by atoms with Gasteiger partial charge < -0.3 is 0 Å². The summed E-state index contributed by atoms with van der Waals surface area (Å²) in [6.45, 7) is 0. The fourth-order valence-electron chi connectivity index (χ4n) is 0.986. The summed E-state index contributed by atoms with van der Waals surface area (Å²) >= 11 is 0. The molecule has 0 saturated carbocycles. The van der Waals surface area contributed by atoms with Gasteiger partial charge in [0, 0.05) is 0 Å². The zero-order valence-electron chi connectivity index (χ0n) is 7.27. The van der Waals surface area contributed by atoms with Crippen LogP contribution in [0.3, 0.4) is 0 Å². The normalized spacial score (nSPS) is 10.9. The number of halogens is 1. The number of rotatable bonds is 3. The molecule has 1 aromatic carbocycles. The van der Waals surface area contributed by atoms with Crippen LogP contribution in [0.4, 0.5) is 3.89 Å². The van der Waals surface area contributed by atoms with Crippen molar-refractivity contribution in [3.8, 4) is 6.07 Å². The van der Waals surface area contributed by atoms with E-state index in [0.29, 0.717) is 11.1 Å². The molecule has 1 rings (SSSR count). The Hall–Kier alpha value is -1.41. The third-order valence-corrected chi connectivity index (χ3v) is 2.41. The van der Waals surface area contributed by atoms with Gasteiger partial charge in [-0.3, -0.25) is 0 Å². The quantitative estimate of drug-likeness (QED) is 0.713. The van der Waals surface area contributed by atoms with Gasteiger partial charge in [0.1, 0.15) is 0 Å². The van der Waals surface area contributed by atoms with E-state index in [0.717, 1.165) is 0 Å². The second-order valence-electron chi connectivity index (χ2n) is 2.80. The summed E-state index contributed by atoms with van der Waals surface area (Å²) in [4.78, 5) is 0. The number of nitrogens with zero attached hydrogens (tertiary/aromatic N) is 1. The SMILES string of the molecule is N#Cc1ccc(CCS(=O)(=O)F)cc1. The van der Waals surface area contributed by atoms with Gasteiger partial charge in [0.25, 0.3) is 0 Å². The molecule has 0 amide bonds. The predicted octanol–water partition coefficient (Wildman–Crippen LogP) is 1.40. The van der Waals surface area contributed by atoms with E-state index in [1.807, 2.05) is 6.07 Å². The highest BCUT2D eigenvalue weighted by Gasteiger charge is 2.06. The summed E-state index contributed by atoms with van der Waals surface area (Å²) in [5, 5.41) is 8.48. The van der Waals surface area contributed by atoms with Crippen molar-refractivity contribution in [1.29, 1.82) is 5.26 Å². The van der Waals surface area contributed by atoms with Crippen LogP contribution < -0.4 is 0 Å². The van der Waals surface area contributed by atoms with Crippen molar-refractivity contribution in [2.24, 2.45) is 0 Å². The second-order valence-corrected chi connectivity index (χ2v) is 4.29. The maximum atomic E-state index is 12.1. The monoisotopic (exact) mass is 213 g/mol. The molecule has 0 atom stereocenters. The van der Waals surface area contributed by atoms with Gasteiger partial charge in [-0.25, -0.2) is 0 Å². The first-order valence-corrected chi connectivity index (χ1v) is 5.48. The smallest absolute Gasteiger partial charge is 0.195 e. The molecule has 0 bridgehead atoms. The van der Waals surface area contributed by atoms with Crippen LogP contribution in [0.25, 0.3) is 0 Å². The predicted molar refractivity (Wildman–Crippen MR) is 49.8 cm³/mol. The van der Waals surface area contributed by atoms with Crippen LogP contribution in [-0.4, -0.2) is 14.2 Å². The van der Waals surface area contributed by atoms with E-state index in [1.165, 1.54) is 0 Å². The lowest BCUT2D eigenvalue weighted by Gasteiger charge is -1.97. The van der Waals surface area contributed by atoms with Gasteiger partial charge in [-0.15, -0.1) is 3.89 Å². The molecule has 0 heterocycles. The molecule has 0 fully saturated rings. The Balaban J connectivity index is 2.67. The van der Waals surface area contributed by atoms with Gasteiger partial charge in [-0.05, 0) is 24.1 Å². The van der Waals surface area contributed by atoms with Gasteiger partial charge in [0.2, 0.25) is 0 Å². The van der Waals surface area contributed by atoms with Crippen LogP contribution in [0.1, 0.15) is 11.1 Å². The number of hydrogen-bond acceptors (Lipinski definition) is 3. The Morgan fingerprint density at radius 1 is 1.29 bits per heavy atom. The molecule has 0 aliphatic carbocycles. The molecule has 3 nitrogen and oxygen atoms in total. The zero-order chi connectivity index (χ0) is 10.6. The molecule has 74 valence electrons. The number of hydrogen-bond donors (Lipinski definition) is 0. The first-order valence-electron chi connectivity index (χ1n) is 3.92. The van der Waals surface area contributed by atoms with E-state index >= 15 is 0 Å². The highest BCUT2D eigenvalue weighted by molar-refractivity contribution is 7.86. The van der Waals surface area contributed by atoms with E-state index in [4.69, 9.17) is 5.26 Å². The van der Waals surface area contributed by atoms with Gasteiger partial charge in [0.05, 0.1) is 17.4 Å². The topological polar surface area (TPSA) is 57.9 Å². The fourth-order valence-corrected chi connectivity index (χ4v) is 1.47. The Bertz CT molecular complexity index is 445. The maximum absolute atomic E-state index is 12.1. The van der Waals surface area contributed by atoms with Crippen LogP contribution in [-0.2, 0) is 16.6 Å². The molecule has 0 aromatic heterocycles. The van der Waals surface area contributed by atoms with E-state index in [9.17, 15) is 12.3 Å². The van der Waals surface area contributed by atoms with Gasteiger partial charge >= 0.3 is 10.2 Å². The van der Waals surface area contributed by atoms with E-state index in [1.54, 1.807) is 24.3 Å². The van der Waals surface area contributed by atoms with E-state index in [2.05, 4.69) is 0 Å². The Kier molecular flexibility index (Phi) is 3.20. The molecular weight excluding hydrogens is 205 g/mol. The highest BCUT2D eigenvalue weighted by atomic mass is 32.3. The molecule has 5 heteroatoms. The standard InChI is InChI=1S/C9H8FNO2S/c10-14(12,13)6-5-8-1-3-9(7-11)4-2-8/h1-4H,5-6H2. The summed E-state index contributed by atoms with van der Waals surface area (Å²) in [5.41, 5.74) is 1.20. The van der Waals surface area contributed by atoms with Crippen molar-refractivity contribution in [1.82, 2.24) is 0 Å². The molecule has 0 saturated heterocycles. The number of aryl methyl sites for hydroxylation is 1. The molecule has 14 heavy (non-hydrogen) atoms.